The lowest BCUT2D eigenvalue weighted by molar-refractivity contribution is -0.380. The summed E-state index contributed by atoms with van der Waals surface area (Å²) >= 11 is 0.819. The highest BCUT2D eigenvalue weighted by molar-refractivity contribution is 7.17. The summed E-state index contributed by atoms with van der Waals surface area (Å²) in [5.74, 6) is 0. The molecule has 0 atom stereocenters. The molecule has 0 aliphatic carbocycles. The van der Waals surface area contributed by atoms with Crippen LogP contribution >= 0.6 is 11.3 Å². The molecule has 0 unspecified atom stereocenters. The smallest absolute Gasteiger partial charge is 0.303 e. The Morgan fingerprint density at radius 3 is 2.73 bits per heavy atom. The predicted octanol–water partition coefficient (Wildman–Crippen LogP) is 2.07. The van der Waals surface area contributed by atoms with Crippen LogP contribution in [0, 0.1) is 10.1 Å². The Labute approximate surface area is 89.2 Å². The molecular formula is C9H7NO4S. The number of thiophene rings is 1. The van der Waals surface area contributed by atoms with Gasteiger partial charge in [-0.3, -0.25) is 14.9 Å². The minimum atomic E-state index is -0.543. The first-order chi connectivity index (χ1) is 7.19. The van der Waals surface area contributed by atoms with Crippen molar-refractivity contribution in [2.45, 2.75) is 6.42 Å². The van der Waals surface area contributed by atoms with Crippen molar-refractivity contribution < 1.29 is 14.5 Å². The largest absolute Gasteiger partial charge is 0.331 e. The third-order valence-electron chi connectivity index (χ3n) is 1.57. The van der Waals surface area contributed by atoms with Gasteiger partial charge in [0.05, 0.1) is 15.4 Å². The van der Waals surface area contributed by atoms with E-state index in [9.17, 15) is 19.7 Å². The van der Waals surface area contributed by atoms with Gasteiger partial charge in [-0.25, -0.2) is 0 Å². The molecule has 0 spiro atoms. The molecule has 0 amide bonds. The van der Waals surface area contributed by atoms with E-state index in [0.29, 0.717) is 23.0 Å². The molecule has 1 aromatic heterocycles. The average molecular weight is 225 g/mol. The van der Waals surface area contributed by atoms with Gasteiger partial charge in [0, 0.05) is 6.42 Å². The molecule has 78 valence electrons. The Bertz CT molecular complexity index is 422. The summed E-state index contributed by atoms with van der Waals surface area (Å²) in [4.78, 5) is 30.8. The first kappa shape index (κ1) is 11.3. The third-order valence-corrected chi connectivity index (χ3v) is 2.60. The maximum atomic E-state index is 10.6. The third kappa shape index (κ3) is 2.81. The van der Waals surface area contributed by atoms with Gasteiger partial charge in [-0.05, 0) is 6.07 Å². The second kappa shape index (κ2) is 5.16. The lowest BCUT2D eigenvalue weighted by atomic mass is 10.2. The number of nitrogens with zero attached hydrogens (tertiary/aromatic N) is 1. The second-order valence-electron chi connectivity index (χ2n) is 2.59. The first-order valence-electron chi connectivity index (χ1n) is 4.02. The molecule has 0 radical (unpaired) electrons. The summed E-state index contributed by atoms with van der Waals surface area (Å²) in [5, 5.41) is 10.5. The Balaban J connectivity index is 3.03. The fourth-order valence-corrected chi connectivity index (χ4v) is 1.76. The summed E-state index contributed by atoms with van der Waals surface area (Å²) in [6, 6.07) is 1.43. The van der Waals surface area contributed by atoms with Gasteiger partial charge < -0.3 is 4.79 Å². The van der Waals surface area contributed by atoms with Gasteiger partial charge in [0.15, 0.2) is 6.29 Å². The van der Waals surface area contributed by atoms with Crippen molar-refractivity contribution in [1.82, 2.24) is 0 Å². The molecule has 1 heterocycles. The maximum absolute atomic E-state index is 10.6. The van der Waals surface area contributed by atoms with Crippen molar-refractivity contribution in [3.63, 3.8) is 0 Å². The molecule has 0 aromatic carbocycles. The number of carbonyl (C=O) groups excluding carboxylic acids is 2. The van der Waals surface area contributed by atoms with E-state index in [1.54, 1.807) is 0 Å². The van der Waals surface area contributed by atoms with E-state index in [1.165, 1.54) is 18.2 Å². The van der Waals surface area contributed by atoms with Crippen LogP contribution in [0.3, 0.4) is 0 Å². The molecule has 1 rings (SSSR count). The Kier molecular flexibility index (Phi) is 3.87. The normalized spacial score (nSPS) is 10.4. The quantitative estimate of drug-likeness (QED) is 0.436. The highest BCUT2D eigenvalue weighted by Crippen LogP contribution is 2.30. The maximum Gasteiger partial charge on any atom is 0.331 e. The lowest BCUT2D eigenvalue weighted by Crippen LogP contribution is -1.85. The van der Waals surface area contributed by atoms with Crippen LogP contribution in [0.2, 0.25) is 0 Å². The lowest BCUT2D eigenvalue weighted by Gasteiger charge is -1.86. The van der Waals surface area contributed by atoms with Gasteiger partial charge >= 0.3 is 5.00 Å². The summed E-state index contributed by atoms with van der Waals surface area (Å²) in [6.45, 7) is 0. The summed E-state index contributed by atoms with van der Waals surface area (Å²) in [5.41, 5.74) is 0.356. The van der Waals surface area contributed by atoms with E-state index >= 15 is 0 Å². The molecule has 0 saturated heterocycles. The minimum absolute atomic E-state index is 0.0840. The predicted molar refractivity (Wildman–Crippen MR) is 56.1 cm³/mol. The highest BCUT2D eigenvalue weighted by atomic mass is 32.1. The zero-order chi connectivity index (χ0) is 11.3. The van der Waals surface area contributed by atoms with Gasteiger partial charge in [0.1, 0.15) is 6.29 Å². The monoisotopic (exact) mass is 225 g/mol. The van der Waals surface area contributed by atoms with Crippen molar-refractivity contribution >= 4 is 35.0 Å². The first-order valence-corrected chi connectivity index (χ1v) is 4.84. The number of hydrogen-bond donors (Lipinski definition) is 0. The zero-order valence-corrected chi connectivity index (χ0v) is 8.40. The van der Waals surface area contributed by atoms with Crippen molar-refractivity contribution in [3.8, 4) is 0 Å². The van der Waals surface area contributed by atoms with Crippen molar-refractivity contribution in [1.29, 1.82) is 0 Å². The molecule has 1 aromatic rings. The number of rotatable bonds is 5. The van der Waals surface area contributed by atoms with Crippen LogP contribution in [-0.4, -0.2) is 17.5 Å². The Morgan fingerprint density at radius 2 is 2.20 bits per heavy atom. The van der Waals surface area contributed by atoms with E-state index in [1.807, 2.05) is 0 Å². The number of hydrogen-bond acceptors (Lipinski definition) is 5. The van der Waals surface area contributed by atoms with E-state index < -0.39 is 4.92 Å². The highest BCUT2D eigenvalue weighted by Gasteiger charge is 2.16. The summed E-state index contributed by atoms with van der Waals surface area (Å²) in [6.07, 6.45) is 4.43. The van der Waals surface area contributed by atoms with Crippen LogP contribution in [-0.2, 0) is 4.79 Å². The zero-order valence-electron chi connectivity index (χ0n) is 7.58. The van der Waals surface area contributed by atoms with Gasteiger partial charge in [0.25, 0.3) is 0 Å². The molecular weight excluding hydrogens is 218 g/mol. The van der Waals surface area contributed by atoms with Crippen molar-refractivity contribution in [3.05, 3.63) is 32.7 Å². The van der Waals surface area contributed by atoms with Gasteiger partial charge in [-0.15, -0.1) is 0 Å². The van der Waals surface area contributed by atoms with Crippen LogP contribution in [0.15, 0.2) is 12.1 Å². The van der Waals surface area contributed by atoms with E-state index in [4.69, 9.17) is 0 Å². The van der Waals surface area contributed by atoms with Crippen LogP contribution in [0.5, 0.6) is 0 Å². The molecule has 0 saturated carbocycles. The van der Waals surface area contributed by atoms with Gasteiger partial charge in [-0.2, -0.15) is 0 Å². The van der Waals surface area contributed by atoms with Crippen LogP contribution in [0.4, 0.5) is 5.00 Å². The van der Waals surface area contributed by atoms with Crippen LogP contribution in [0.1, 0.15) is 21.7 Å². The summed E-state index contributed by atoms with van der Waals surface area (Å²) in [7, 11) is 0. The minimum Gasteiger partial charge on any atom is -0.303 e. The van der Waals surface area contributed by atoms with Crippen molar-refractivity contribution in [2.24, 2.45) is 0 Å². The topological polar surface area (TPSA) is 77.3 Å². The number of carbonyl (C=O) groups is 2. The molecule has 6 heteroatoms. The standard InChI is InChI=1S/C9H7NO4S/c11-4-2-1-3-7-5-8(6-12)15-9(7)10(13)14/h1,3-6H,2H2. The van der Waals surface area contributed by atoms with Gasteiger partial charge in [-0.1, -0.05) is 23.5 Å². The SMILES string of the molecule is O=CCC=Cc1cc(C=O)sc1[N+](=O)[O-]. The second-order valence-corrected chi connectivity index (χ2v) is 3.65. The van der Waals surface area contributed by atoms with E-state index in [2.05, 4.69) is 0 Å². The fourth-order valence-electron chi connectivity index (χ4n) is 0.986. The molecule has 0 bridgehead atoms. The van der Waals surface area contributed by atoms with E-state index in [0.717, 1.165) is 11.3 Å². The molecule has 0 aliphatic rings. The van der Waals surface area contributed by atoms with E-state index in [-0.39, 0.29) is 11.4 Å². The molecule has 0 N–H and O–H groups in total. The molecule has 15 heavy (non-hydrogen) atoms. The van der Waals surface area contributed by atoms with Gasteiger partial charge in [0.2, 0.25) is 0 Å². The molecule has 5 nitrogen and oxygen atoms in total. The van der Waals surface area contributed by atoms with Crippen LogP contribution < -0.4 is 0 Å². The van der Waals surface area contributed by atoms with Crippen LogP contribution in [0.25, 0.3) is 6.08 Å². The molecule has 0 aliphatic heterocycles. The number of aldehydes is 2. The van der Waals surface area contributed by atoms with Crippen molar-refractivity contribution in [2.75, 3.05) is 0 Å². The Morgan fingerprint density at radius 1 is 1.47 bits per heavy atom. The number of allylic oxidation sites excluding steroid dienone is 1. The molecule has 0 fully saturated rings. The number of nitro groups is 1. The average Bonchev–Trinajstić information content (AvgIpc) is 2.62. The Hall–Kier alpha value is -1.82. The summed E-state index contributed by atoms with van der Waals surface area (Å²) < 4.78 is 0. The fraction of sp³-hybridized carbons (Fsp3) is 0.111.